The SMILES string of the molecule is CCOC(=O)c1sc(NC(=O)C[n+]2cccc(C)c2C)c(C(=O)OCC)c1C. The second kappa shape index (κ2) is 9.45. The van der Waals surface area contributed by atoms with Crippen LogP contribution in [0.4, 0.5) is 5.00 Å². The van der Waals surface area contributed by atoms with Crippen LogP contribution in [-0.4, -0.2) is 31.1 Å². The monoisotopic (exact) mass is 405 g/mol. The highest BCUT2D eigenvalue weighted by Gasteiger charge is 2.28. The van der Waals surface area contributed by atoms with Gasteiger partial charge in [0, 0.05) is 18.6 Å². The Labute approximate surface area is 168 Å². The maximum absolute atomic E-state index is 12.6. The Hall–Kier alpha value is -2.74. The van der Waals surface area contributed by atoms with Gasteiger partial charge < -0.3 is 14.8 Å². The van der Waals surface area contributed by atoms with Crippen LogP contribution in [0.2, 0.25) is 0 Å². The van der Waals surface area contributed by atoms with Gasteiger partial charge in [-0.3, -0.25) is 4.79 Å². The maximum Gasteiger partial charge on any atom is 0.348 e. The number of nitrogens with one attached hydrogen (secondary N) is 1. The van der Waals surface area contributed by atoms with Crippen LogP contribution < -0.4 is 9.88 Å². The van der Waals surface area contributed by atoms with Gasteiger partial charge in [0.15, 0.2) is 11.9 Å². The number of aromatic nitrogens is 1. The molecule has 0 radical (unpaired) electrons. The predicted molar refractivity (Wildman–Crippen MR) is 106 cm³/mol. The van der Waals surface area contributed by atoms with Crippen molar-refractivity contribution in [2.45, 2.75) is 41.2 Å². The molecule has 1 N–H and O–H groups in total. The number of anilines is 1. The second-order valence-electron chi connectivity index (χ2n) is 6.15. The topological polar surface area (TPSA) is 85.6 Å². The van der Waals surface area contributed by atoms with Crippen LogP contribution in [0, 0.1) is 20.8 Å². The summed E-state index contributed by atoms with van der Waals surface area (Å²) in [5.74, 6) is -1.41. The number of thiophene rings is 1. The lowest BCUT2D eigenvalue weighted by atomic mass is 10.1. The summed E-state index contributed by atoms with van der Waals surface area (Å²) in [6.45, 7) is 9.44. The zero-order valence-corrected chi connectivity index (χ0v) is 17.6. The van der Waals surface area contributed by atoms with Crippen molar-refractivity contribution in [3.8, 4) is 0 Å². The number of hydrogen-bond acceptors (Lipinski definition) is 6. The Balaban J connectivity index is 2.33. The summed E-state index contributed by atoms with van der Waals surface area (Å²) in [6.07, 6.45) is 1.82. The van der Waals surface area contributed by atoms with Gasteiger partial charge in [0.05, 0.1) is 18.8 Å². The van der Waals surface area contributed by atoms with Crippen molar-refractivity contribution in [2.75, 3.05) is 18.5 Å². The third-order valence-electron chi connectivity index (χ3n) is 4.27. The van der Waals surface area contributed by atoms with E-state index in [-0.39, 0.29) is 41.1 Å². The zero-order chi connectivity index (χ0) is 20.8. The Morgan fingerprint density at radius 2 is 1.71 bits per heavy atom. The van der Waals surface area contributed by atoms with E-state index in [9.17, 15) is 14.4 Å². The van der Waals surface area contributed by atoms with Crippen LogP contribution in [0.25, 0.3) is 0 Å². The average Bonchev–Trinajstić information content (AvgIpc) is 2.95. The second-order valence-corrected chi connectivity index (χ2v) is 7.17. The fraction of sp³-hybridized carbons (Fsp3) is 0.400. The number of aryl methyl sites for hydroxylation is 1. The van der Waals surface area contributed by atoms with E-state index in [2.05, 4.69) is 5.32 Å². The zero-order valence-electron chi connectivity index (χ0n) is 16.8. The van der Waals surface area contributed by atoms with Crippen LogP contribution in [0.15, 0.2) is 18.3 Å². The lowest BCUT2D eigenvalue weighted by Gasteiger charge is -2.07. The minimum Gasteiger partial charge on any atom is -0.462 e. The molecule has 28 heavy (non-hydrogen) atoms. The minimum atomic E-state index is -0.582. The first-order valence-corrected chi connectivity index (χ1v) is 9.84. The summed E-state index contributed by atoms with van der Waals surface area (Å²) in [5, 5.41) is 3.04. The van der Waals surface area contributed by atoms with Crippen molar-refractivity contribution in [3.63, 3.8) is 0 Å². The molecule has 2 aromatic rings. The summed E-state index contributed by atoms with van der Waals surface area (Å²) in [7, 11) is 0. The van der Waals surface area contributed by atoms with Gasteiger partial charge in [-0.15, -0.1) is 11.3 Å². The molecule has 0 fully saturated rings. The Bertz CT molecular complexity index is 904. The fourth-order valence-corrected chi connectivity index (χ4v) is 3.79. The molecule has 7 nitrogen and oxygen atoms in total. The normalized spacial score (nSPS) is 10.5. The molecule has 0 atom stereocenters. The molecular weight excluding hydrogens is 380 g/mol. The number of amides is 1. The maximum atomic E-state index is 12.6. The predicted octanol–water partition coefficient (Wildman–Crippen LogP) is 2.95. The van der Waals surface area contributed by atoms with E-state index in [1.54, 1.807) is 20.8 Å². The molecule has 0 aliphatic rings. The molecule has 8 heteroatoms. The highest BCUT2D eigenvalue weighted by molar-refractivity contribution is 7.18. The van der Waals surface area contributed by atoms with E-state index in [4.69, 9.17) is 9.47 Å². The van der Waals surface area contributed by atoms with E-state index in [1.165, 1.54) is 0 Å². The van der Waals surface area contributed by atoms with E-state index in [1.807, 2.05) is 36.7 Å². The highest BCUT2D eigenvalue weighted by atomic mass is 32.1. The number of pyridine rings is 1. The first-order valence-electron chi connectivity index (χ1n) is 9.03. The van der Waals surface area contributed by atoms with Crippen molar-refractivity contribution >= 4 is 34.2 Å². The van der Waals surface area contributed by atoms with Crippen LogP contribution >= 0.6 is 11.3 Å². The molecule has 150 valence electrons. The molecule has 0 saturated carbocycles. The minimum absolute atomic E-state index is 0.0848. The lowest BCUT2D eigenvalue weighted by Crippen LogP contribution is -2.43. The first kappa shape index (κ1) is 21.6. The van der Waals surface area contributed by atoms with E-state index in [0.29, 0.717) is 5.56 Å². The van der Waals surface area contributed by atoms with Crippen LogP contribution in [-0.2, 0) is 20.8 Å². The molecule has 0 spiro atoms. The number of nitrogens with zero attached hydrogens (tertiary/aromatic N) is 1. The van der Waals surface area contributed by atoms with Crippen molar-refractivity contribution in [3.05, 3.63) is 45.6 Å². The first-order chi connectivity index (χ1) is 13.3. The number of hydrogen-bond donors (Lipinski definition) is 1. The molecule has 0 aliphatic carbocycles. The molecule has 0 unspecified atom stereocenters. The van der Waals surface area contributed by atoms with Gasteiger partial charge in [-0.1, -0.05) is 0 Å². The van der Waals surface area contributed by atoms with Crippen molar-refractivity contribution in [1.29, 1.82) is 0 Å². The van der Waals surface area contributed by atoms with E-state index >= 15 is 0 Å². The number of rotatable bonds is 7. The van der Waals surface area contributed by atoms with Gasteiger partial charge in [0.1, 0.15) is 9.88 Å². The van der Waals surface area contributed by atoms with Gasteiger partial charge in [0.2, 0.25) is 6.54 Å². The molecule has 0 saturated heterocycles. The average molecular weight is 405 g/mol. The quantitative estimate of drug-likeness (QED) is 0.565. The smallest absolute Gasteiger partial charge is 0.348 e. The fourth-order valence-electron chi connectivity index (χ4n) is 2.68. The number of esters is 2. The Kier molecular flexibility index (Phi) is 7.28. The molecule has 2 heterocycles. The van der Waals surface area contributed by atoms with Crippen molar-refractivity contribution in [1.82, 2.24) is 0 Å². The van der Waals surface area contributed by atoms with Gasteiger partial charge >= 0.3 is 11.9 Å². The number of ether oxygens (including phenoxy) is 2. The summed E-state index contributed by atoms with van der Waals surface area (Å²) in [5.41, 5.74) is 2.67. The third-order valence-corrected chi connectivity index (χ3v) is 5.46. The highest BCUT2D eigenvalue weighted by Crippen LogP contribution is 2.34. The van der Waals surface area contributed by atoms with Gasteiger partial charge in [-0.05, 0) is 39.3 Å². The van der Waals surface area contributed by atoms with Gasteiger partial charge in [0.25, 0.3) is 5.91 Å². The summed E-state index contributed by atoms with van der Waals surface area (Å²) < 4.78 is 12.0. The standard InChI is InChI=1S/C20H24N2O5S/c1-6-26-19(24)16-13(4)17(20(25)27-7-2)28-18(16)21-15(23)11-22-10-8-9-12(3)14(22)5/h8-10H,6-7,11H2,1-5H3/p+1. The third kappa shape index (κ3) is 4.75. The molecule has 2 rings (SSSR count). The lowest BCUT2D eigenvalue weighted by molar-refractivity contribution is -0.690. The summed E-state index contributed by atoms with van der Waals surface area (Å²) in [4.78, 5) is 37.5. The van der Waals surface area contributed by atoms with Crippen LogP contribution in [0.5, 0.6) is 0 Å². The summed E-state index contributed by atoms with van der Waals surface area (Å²) in [6, 6.07) is 3.84. The van der Waals surface area contributed by atoms with Crippen molar-refractivity contribution < 1.29 is 28.4 Å². The molecular formula is C20H25N2O5S+. The number of carbonyl (C=O) groups excluding carboxylic acids is 3. The molecule has 2 aromatic heterocycles. The Morgan fingerprint density at radius 1 is 1.07 bits per heavy atom. The van der Waals surface area contributed by atoms with Crippen molar-refractivity contribution in [2.24, 2.45) is 0 Å². The molecule has 0 aromatic carbocycles. The molecule has 0 bridgehead atoms. The van der Waals surface area contributed by atoms with E-state index in [0.717, 1.165) is 22.6 Å². The molecule has 1 amide bonds. The van der Waals surface area contributed by atoms with Crippen LogP contribution in [0.1, 0.15) is 50.7 Å². The molecule has 0 aliphatic heterocycles. The van der Waals surface area contributed by atoms with Crippen LogP contribution in [0.3, 0.4) is 0 Å². The Morgan fingerprint density at radius 3 is 2.36 bits per heavy atom. The number of carbonyl (C=O) groups is 3. The van der Waals surface area contributed by atoms with E-state index < -0.39 is 11.9 Å². The van der Waals surface area contributed by atoms with Gasteiger partial charge in [-0.2, -0.15) is 4.57 Å². The van der Waals surface area contributed by atoms with Gasteiger partial charge in [-0.25, -0.2) is 9.59 Å². The summed E-state index contributed by atoms with van der Waals surface area (Å²) >= 11 is 1.02. The largest absolute Gasteiger partial charge is 0.462 e.